The van der Waals surface area contributed by atoms with Crippen molar-refractivity contribution in [3.63, 3.8) is 0 Å². The van der Waals surface area contributed by atoms with Gasteiger partial charge in [-0.3, -0.25) is 0 Å². The fourth-order valence-electron chi connectivity index (χ4n) is 2.30. The molecule has 96 valence electrons. The number of likely N-dealkylation sites (tertiary alicyclic amines) is 1. The second kappa shape index (κ2) is 6.19. The molecule has 2 N–H and O–H groups in total. The number of hydrogen-bond acceptors (Lipinski definition) is 4. The van der Waals surface area contributed by atoms with Crippen molar-refractivity contribution in [3.8, 4) is 0 Å². The summed E-state index contributed by atoms with van der Waals surface area (Å²) in [7, 11) is 0. The molecule has 1 aromatic rings. The summed E-state index contributed by atoms with van der Waals surface area (Å²) in [6.45, 7) is 6.49. The molecule has 0 saturated carbocycles. The Morgan fingerprint density at radius 3 is 2.65 bits per heavy atom. The minimum Gasteiger partial charge on any atom is -0.462 e. The van der Waals surface area contributed by atoms with Gasteiger partial charge in [0.05, 0.1) is 6.54 Å². The van der Waals surface area contributed by atoms with E-state index >= 15 is 0 Å². The fourth-order valence-corrected chi connectivity index (χ4v) is 2.30. The van der Waals surface area contributed by atoms with Crippen molar-refractivity contribution < 1.29 is 9.52 Å². The van der Waals surface area contributed by atoms with Gasteiger partial charge in [-0.05, 0) is 44.6 Å². The van der Waals surface area contributed by atoms with Gasteiger partial charge in [-0.15, -0.1) is 0 Å². The number of hydrogen-bond donors (Lipinski definition) is 2. The molecule has 0 bridgehead atoms. The highest BCUT2D eigenvalue weighted by Crippen LogP contribution is 2.12. The minimum absolute atomic E-state index is 0.0190. The van der Waals surface area contributed by atoms with Crippen LogP contribution >= 0.6 is 0 Å². The Kier molecular flexibility index (Phi) is 4.59. The second-order valence-corrected chi connectivity index (χ2v) is 4.62. The van der Waals surface area contributed by atoms with E-state index in [-0.39, 0.29) is 6.61 Å². The minimum atomic E-state index is -0.0190. The lowest BCUT2D eigenvalue weighted by Crippen LogP contribution is -2.42. The summed E-state index contributed by atoms with van der Waals surface area (Å²) in [6.07, 6.45) is 2.42. The van der Waals surface area contributed by atoms with Crippen LogP contribution in [-0.2, 0) is 13.2 Å². The number of furan rings is 1. The predicted octanol–water partition coefficient (Wildman–Crippen LogP) is 1.35. The van der Waals surface area contributed by atoms with Crippen molar-refractivity contribution in [1.29, 1.82) is 0 Å². The van der Waals surface area contributed by atoms with Gasteiger partial charge in [0, 0.05) is 6.04 Å². The molecule has 1 aliphatic rings. The number of nitrogens with one attached hydrogen (secondary N) is 1. The molecule has 0 aliphatic carbocycles. The van der Waals surface area contributed by atoms with Crippen molar-refractivity contribution in [2.24, 2.45) is 0 Å². The molecule has 17 heavy (non-hydrogen) atoms. The van der Waals surface area contributed by atoms with Gasteiger partial charge in [-0.1, -0.05) is 6.92 Å². The number of aliphatic hydroxyl groups excluding tert-OH is 1. The molecule has 0 unspecified atom stereocenters. The summed E-state index contributed by atoms with van der Waals surface area (Å²) >= 11 is 0. The van der Waals surface area contributed by atoms with E-state index in [1.54, 1.807) is 0 Å². The molecule has 1 saturated heterocycles. The third-order valence-electron chi connectivity index (χ3n) is 3.47. The maximum absolute atomic E-state index is 8.90. The lowest BCUT2D eigenvalue weighted by molar-refractivity contribution is 0.202. The first kappa shape index (κ1) is 12.6. The number of aliphatic hydroxyl groups is 1. The van der Waals surface area contributed by atoms with Gasteiger partial charge in [0.2, 0.25) is 0 Å². The molecule has 2 rings (SSSR count). The number of rotatable bonds is 5. The largest absolute Gasteiger partial charge is 0.462 e. The Hall–Kier alpha value is -0.840. The molecule has 0 radical (unpaired) electrons. The smallest absolute Gasteiger partial charge is 0.129 e. The van der Waals surface area contributed by atoms with E-state index in [1.165, 1.54) is 25.9 Å². The summed E-state index contributed by atoms with van der Waals surface area (Å²) in [6, 6.07) is 4.36. The van der Waals surface area contributed by atoms with Gasteiger partial charge < -0.3 is 19.7 Å². The molecule has 0 spiro atoms. The zero-order valence-corrected chi connectivity index (χ0v) is 10.5. The maximum Gasteiger partial charge on any atom is 0.129 e. The quantitative estimate of drug-likeness (QED) is 0.813. The summed E-state index contributed by atoms with van der Waals surface area (Å²) < 4.78 is 5.44. The molecule has 1 aliphatic heterocycles. The lowest BCUT2D eigenvalue weighted by atomic mass is 10.1. The third kappa shape index (κ3) is 3.56. The highest BCUT2D eigenvalue weighted by Gasteiger charge is 2.17. The Morgan fingerprint density at radius 2 is 2.06 bits per heavy atom. The third-order valence-corrected chi connectivity index (χ3v) is 3.47. The number of piperidine rings is 1. The average molecular weight is 238 g/mol. The molecule has 2 heterocycles. The highest BCUT2D eigenvalue weighted by molar-refractivity contribution is 5.06. The van der Waals surface area contributed by atoms with Crippen molar-refractivity contribution in [1.82, 2.24) is 10.2 Å². The standard InChI is InChI=1S/C13H22N2O2/c1-2-15-7-5-11(6-8-15)14-9-12-3-4-13(10-16)17-12/h3-4,11,14,16H,2,5-10H2,1H3. The molecule has 1 fully saturated rings. The van der Waals surface area contributed by atoms with Gasteiger partial charge in [-0.25, -0.2) is 0 Å². The number of nitrogens with zero attached hydrogens (tertiary/aromatic N) is 1. The molecule has 4 nitrogen and oxygen atoms in total. The molecular weight excluding hydrogens is 216 g/mol. The van der Waals surface area contributed by atoms with E-state index < -0.39 is 0 Å². The normalized spacial score (nSPS) is 18.7. The van der Waals surface area contributed by atoms with Gasteiger partial charge >= 0.3 is 0 Å². The summed E-state index contributed by atoms with van der Waals surface area (Å²) in [5, 5.41) is 12.4. The topological polar surface area (TPSA) is 48.6 Å². The lowest BCUT2D eigenvalue weighted by Gasteiger charge is -2.31. The summed E-state index contributed by atoms with van der Waals surface area (Å²) in [5.41, 5.74) is 0. The Labute approximate surface area is 103 Å². The van der Waals surface area contributed by atoms with Crippen molar-refractivity contribution in [2.45, 2.75) is 39.0 Å². The monoisotopic (exact) mass is 238 g/mol. The second-order valence-electron chi connectivity index (χ2n) is 4.62. The van der Waals surface area contributed by atoms with Crippen LogP contribution in [0.3, 0.4) is 0 Å². The first-order valence-electron chi connectivity index (χ1n) is 6.46. The predicted molar refractivity (Wildman–Crippen MR) is 66.6 cm³/mol. The van der Waals surface area contributed by atoms with E-state index in [4.69, 9.17) is 9.52 Å². The Bertz CT molecular complexity index is 330. The van der Waals surface area contributed by atoms with Crippen LogP contribution in [0.15, 0.2) is 16.5 Å². The highest BCUT2D eigenvalue weighted by atomic mass is 16.4. The zero-order valence-electron chi connectivity index (χ0n) is 10.5. The summed E-state index contributed by atoms with van der Waals surface area (Å²) in [4.78, 5) is 2.48. The Morgan fingerprint density at radius 1 is 1.35 bits per heavy atom. The van der Waals surface area contributed by atoms with Crippen LogP contribution in [0.5, 0.6) is 0 Å². The van der Waals surface area contributed by atoms with Crippen molar-refractivity contribution in [2.75, 3.05) is 19.6 Å². The van der Waals surface area contributed by atoms with Crippen LogP contribution in [0.4, 0.5) is 0 Å². The van der Waals surface area contributed by atoms with E-state index in [1.807, 2.05) is 12.1 Å². The van der Waals surface area contributed by atoms with Gasteiger partial charge in [0.1, 0.15) is 18.1 Å². The van der Waals surface area contributed by atoms with Crippen LogP contribution in [0, 0.1) is 0 Å². The Balaban J connectivity index is 1.72. The average Bonchev–Trinajstić information content (AvgIpc) is 2.85. The summed E-state index contributed by atoms with van der Waals surface area (Å²) in [5.74, 6) is 1.55. The zero-order chi connectivity index (χ0) is 12.1. The molecule has 0 aromatic carbocycles. The van der Waals surface area contributed by atoms with Gasteiger partial charge in [0.25, 0.3) is 0 Å². The molecule has 4 heteroatoms. The van der Waals surface area contributed by atoms with Gasteiger partial charge in [0.15, 0.2) is 0 Å². The van der Waals surface area contributed by atoms with Crippen LogP contribution in [0.2, 0.25) is 0 Å². The van der Waals surface area contributed by atoms with Crippen LogP contribution in [-0.4, -0.2) is 35.7 Å². The molecule has 0 amide bonds. The maximum atomic E-state index is 8.90. The fraction of sp³-hybridized carbons (Fsp3) is 0.692. The van der Waals surface area contributed by atoms with Crippen molar-refractivity contribution in [3.05, 3.63) is 23.7 Å². The van der Waals surface area contributed by atoms with Gasteiger partial charge in [-0.2, -0.15) is 0 Å². The van der Waals surface area contributed by atoms with E-state index in [0.29, 0.717) is 11.8 Å². The van der Waals surface area contributed by atoms with Crippen molar-refractivity contribution >= 4 is 0 Å². The van der Waals surface area contributed by atoms with E-state index in [2.05, 4.69) is 17.1 Å². The van der Waals surface area contributed by atoms with E-state index in [9.17, 15) is 0 Å². The first-order valence-corrected chi connectivity index (χ1v) is 6.46. The van der Waals surface area contributed by atoms with E-state index in [0.717, 1.165) is 18.8 Å². The first-order chi connectivity index (χ1) is 8.31. The van der Waals surface area contributed by atoms with Crippen LogP contribution in [0.25, 0.3) is 0 Å². The molecule has 1 aromatic heterocycles. The molecule has 0 atom stereocenters. The van der Waals surface area contributed by atoms with Crippen LogP contribution in [0.1, 0.15) is 31.3 Å². The van der Waals surface area contributed by atoms with Crippen LogP contribution < -0.4 is 5.32 Å². The SMILES string of the molecule is CCN1CCC(NCc2ccc(CO)o2)CC1. The molecular formula is C13H22N2O2.